The molecule has 1 amide bonds. The van der Waals surface area contributed by atoms with E-state index in [-0.39, 0.29) is 34.2 Å². The number of thioether (sulfide) groups is 1. The van der Waals surface area contributed by atoms with Crippen molar-refractivity contribution in [3.05, 3.63) is 93.1 Å². The molecule has 0 saturated heterocycles. The summed E-state index contributed by atoms with van der Waals surface area (Å²) in [7, 11) is 0. The fraction of sp³-hybridized carbons (Fsp3) is 0.0800. The van der Waals surface area contributed by atoms with E-state index in [4.69, 9.17) is 14.6 Å². The number of aliphatic imine (C=N–C) groups is 1. The fourth-order valence-electron chi connectivity index (χ4n) is 3.76. The first-order valence-corrected chi connectivity index (χ1v) is 11.5. The molecular formula is C25H18N4O5S. The van der Waals surface area contributed by atoms with Crippen LogP contribution in [0.2, 0.25) is 0 Å². The van der Waals surface area contributed by atoms with Gasteiger partial charge >= 0.3 is 0 Å². The number of rotatable bonds is 6. The summed E-state index contributed by atoms with van der Waals surface area (Å²) in [5, 5.41) is 22.6. The van der Waals surface area contributed by atoms with Crippen molar-refractivity contribution in [2.75, 3.05) is 6.61 Å². The molecule has 0 aliphatic carbocycles. The number of nitro groups is 1. The summed E-state index contributed by atoms with van der Waals surface area (Å²) in [4.78, 5) is 29.6. The maximum Gasteiger partial charge on any atom is 0.284 e. The molecule has 1 aromatic heterocycles. The average molecular weight is 487 g/mol. The lowest BCUT2D eigenvalue weighted by molar-refractivity contribution is -0.384. The van der Waals surface area contributed by atoms with Gasteiger partial charge in [-0.05, 0) is 42.8 Å². The Hall–Kier alpha value is -4.44. The maximum atomic E-state index is 12.7. The molecular weight excluding hydrogens is 468 g/mol. The minimum Gasteiger partial charge on any atom is -0.494 e. The normalized spacial score (nSPS) is 16.3. The summed E-state index contributed by atoms with van der Waals surface area (Å²) in [5.74, 6) is 0.336. The smallest absolute Gasteiger partial charge is 0.284 e. The number of hydrogen-bond donors (Lipinski definition) is 1. The number of benzene rings is 2. The van der Waals surface area contributed by atoms with E-state index in [1.165, 1.54) is 23.9 Å². The van der Waals surface area contributed by atoms with Gasteiger partial charge in [-0.2, -0.15) is 4.99 Å². The van der Waals surface area contributed by atoms with E-state index in [0.717, 1.165) is 11.3 Å². The molecule has 1 N–H and O–H groups in total. The van der Waals surface area contributed by atoms with Crippen LogP contribution in [0.1, 0.15) is 18.2 Å². The van der Waals surface area contributed by atoms with E-state index in [2.05, 4.69) is 4.99 Å². The predicted octanol–water partition coefficient (Wildman–Crippen LogP) is 5.56. The third kappa shape index (κ3) is 4.15. The molecule has 0 saturated carbocycles. The number of nitrogens with one attached hydrogen (secondary N) is 1. The van der Waals surface area contributed by atoms with Gasteiger partial charge in [-0.25, -0.2) is 0 Å². The highest BCUT2D eigenvalue weighted by Crippen LogP contribution is 2.38. The van der Waals surface area contributed by atoms with E-state index >= 15 is 0 Å². The van der Waals surface area contributed by atoms with Crippen LogP contribution < -0.4 is 4.74 Å². The van der Waals surface area contributed by atoms with Crippen molar-refractivity contribution in [3.8, 4) is 17.1 Å². The number of furan rings is 1. The lowest BCUT2D eigenvalue weighted by Crippen LogP contribution is -2.37. The summed E-state index contributed by atoms with van der Waals surface area (Å²) in [6.45, 7) is 2.18. The van der Waals surface area contributed by atoms with Crippen molar-refractivity contribution in [1.29, 1.82) is 5.41 Å². The van der Waals surface area contributed by atoms with Crippen LogP contribution in [0.5, 0.6) is 5.75 Å². The highest BCUT2D eigenvalue weighted by molar-refractivity contribution is 8.17. The van der Waals surface area contributed by atoms with Crippen molar-refractivity contribution in [3.63, 3.8) is 0 Å². The van der Waals surface area contributed by atoms with Gasteiger partial charge in [0, 0.05) is 5.41 Å². The van der Waals surface area contributed by atoms with Crippen LogP contribution in [0, 0.1) is 15.5 Å². The Kier molecular flexibility index (Phi) is 5.79. The van der Waals surface area contributed by atoms with Gasteiger partial charge in [0.2, 0.25) is 0 Å². The molecule has 2 aliphatic heterocycles. The molecule has 0 atom stereocenters. The number of nitro benzene ring substituents is 1. The lowest BCUT2D eigenvalue weighted by Gasteiger charge is -2.26. The Morgan fingerprint density at radius 3 is 2.74 bits per heavy atom. The zero-order valence-electron chi connectivity index (χ0n) is 18.4. The second-order valence-electron chi connectivity index (χ2n) is 7.50. The molecule has 0 fully saturated rings. The first-order chi connectivity index (χ1) is 17.0. The van der Waals surface area contributed by atoms with E-state index < -0.39 is 10.8 Å². The zero-order valence-corrected chi connectivity index (χ0v) is 19.2. The summed E-state index contributed by atoms with van der Waals surface area (Å²) >= 11 is 1.28. The third-order valence-corrected chi connectivity index (χ3v) is 6.17. The first kappa shape index (κ1) is 22.4. The molecule has 3 heterocycles. The molecule has 0 bridgehead atoms. The van der Waals surface area contributed by atoms with Crippen LogP contribution >= 0.6 is 11.8 Å². The quantitative estimate of drug-likeness (QED) is 0.275. The van der Waals surface area contributed by atoms with Gasteiger partial charge < -0.3 is 9.15 Å². The Bertz CT molecular complexity index is 1460. The van der Waals surface area contributed by atoms with Gasteiger partial charge in [0.05, 0.1) is 34.4 Å². The van der Waals surface area contributed by atoms with Gasteiger partial charge in [-0.15, -0.1) is 0 Å². The monoisotopic (exact) mass is 486 g/mol. The molecule has 3 aromatic rings. The fourth-order valence-corrected chi connectivity index (χ4v) is 4.65. The largest absolute Gasteiger partial charge is 0.494 e. The number of fused-ring (bicyclic) bond motifs is 1. The average Bonchev–Trinajstić information content (AvgIpc) is 3.50. The second-order valence-corrected chi connectivity index (χ2v) is 8.34. The number of ether oxygens (including phenoxy) is 1. The summed E-state index contributed by atoms with van der Waals surface area (Å²) < 4.78 is 11.2. The minimum absolute atomic E-state index is 0.0231. The van der Waals surface area contributed by atoms with Gasteiger partial charge in [0.15, 0.2) is 5.17 Å². The standard InChI is InChI=1S/C25H18N4O5S/c1-2-33-16-8-10-18(20(13-16)29(31)32)22-11-9-17(34-22)12-19-23(26)28-21(15-6-4-3-5-7-15)14-35-25(28)27-24(19)30/h3-14,26H,2H2,1H3/b19-12-,26-23?. The molecule has 0 unspecified atom stereocenters. The van der Waals surface area contributed by atoms with Crippen molar-refractivity contribution >= 4 is 46.1 Å². The molecule has 0 spiro atoms. The molecule has 5 rings (SSSR count). The number of amidine groups is 2. The van der Waals surface area contributed by atoms with Crippen molar-refractivity contribution < 1.29 is 18.9 Å². The van der Waals surface area contributed by atoms with Crippen LogP contribution in [0.25, 0.3) is 23.1 Å². The highest BCUT2D eigenvalue weighted by atomic mass is 32.2. The SMILES string of the molecule is CCOc1ccc(-c2ccc(/C=C3/C(=N)N4C(c5ccccc5)=CSC4=NC3=O)o2)c([N+](=O)[O-])c1. The van der Waals surface area contributed by atoms with Crippen molar-refractivity contribution in [2.45, 2.75) is 6.92 Å². The lowest BCUT2D eigenvalue weighted by atomic mass is 10.1. The van der Waals surface area contributed by atoms with Gasteiger partial charge in [-0.3, -0.25) is 25.2 Å². The molecule has 10 heteroatoms. The number of carbonyl (C=O) groups is 1. The van der Waals surface area contributed by atoms with Gasteiger partial charge in [-0.1, -0.05) is 42.1 Å². The Morgan fingerprint density at radius 2 is 2.00 bits per heavy atom. The maximum absolute atomic E-state index is 12.7. The van der Waals surface area contributed by atoms with Gasteiger partial charge in [0.1, 0.15) is 23.1 Å². The summed E-state index contributed by atoms with van der Waals surface area (Å²) in [6.07, 6.45) is 1.43. The highest BCUT2D eigenvalue weighted by Gasteiger charge is 2.36. The van der Waals surface area contributed by atoms with Crippen LogP contribution in [0.3, 0.4) is 0 Å². The Balaban J connectivity index is 1.47. The van der Waals surface area contributed by atoms with Crippen LogP contribution in [-0.4, -0.2) is 33.3 Å². The molecule has 9 nitrogen and oxygen atoms in total. The molecule has 35 heavy (non-hydrogen) atoms. The second kappa shape index (κ2) is 9.07. The number of nitrogens with zero attached hydrogens (tertiary/aromatic N) is 3. The van der Waals surface area contributed by atoms with Crippen LogP contribution in [-0.2, 0) is 4.79 Å². The molecule has 0 radical (unpaired) electrons. The number of carbonyl (C=O) groups excluding carboxylic acids is 1. The Morgan fingerprint density at radius 1 is 1.20 bits per heavy atom. The molecule has 174 valence electrons. The van der Waals surface area contributed by atoms with Crippen LogP contribution in [0.15, 0.2) is 81.1 Å². The number of amides is 1. The summed E-state index contributed by atoms with van der Waals surface area (Å²) in [5.41, 5.74) is 1.82. The van der Waals surface area contributed by atoms with E-state index in [9.17, 15) is 14.9 Å². The molecule has 2 aromatic carbocycles. The van der Waals surface area contributed by atoms with Crippen LogP contribution in [0.4, 0.5) is 5.69 Å². The third-order valence-electron chi connectivity index (χ3n) is 5.34. The minimum atomic E-state index is -0.554. The van der Waals surface area contributed by atoms with Gasteiger partial charge in [0.25, 0.3) is 11.6 Å². The zero-order chi connectivity index (χ0) is 24.5. The first-order valence-electron chi connectivity index (χ1n) is 10.6. The summed E-state index contributed by atoms with van der Waals surface area (Å²) in [6, 6.07) is 17.3. The number of hydrogen-bond acceptors (Lipinski definition) is 7. The topological polar surface area (TPSA) is 122 Å². The van der Waals surface area contributed by atoms with E-state index in [0.29, 0.717) is 17.5 Å². The van der Waals surface area contributed by atoms with Crippen molar-refractivity contribution in [1.82, 2.24) is 4.90 Å². The predicted molar refractivity (Wildman–Crippen MR) is 134 cm³/mol. The Labute approximate surface area is 204 Å². The molecule has 2 aliphatic rings. The van der Waals surface area contributed by atoms with Crippen molar-refractivity contribution in [2.24, 2.45) is 4.99 Å². The van der Waals surface area contributed by atoms with E-state index in [1.807, 2.05) is 35.7 Å². The van der Waals surface area contributed by atoms with E-state index in [1.54, 1.807) is 36.1 Å².